The standard InChI is InChI=1S/C15H16N4O2S/c1-3-21-12(20)8-9-22-15-16-14-13(17-18-15)10-6-4-5-7-11(10)19(14)2/h4-7H,3,8-9H2,1-2H3. The summed E-state index contributed by atoms with van der Waals surface area (Å²) in [7, 11) is 1.96. The smallest absolute Gasteiger partial charge is 0.306 e. The number of aryl methyl sites for hydroxylation is 1. The van der Waals surface area contributed by atoms with Gasteiger partial charge in [-0.25, -0.2) is 4.98 Å². The summed E-state index contributed by atoms with van der Waals surface area (Å²) in [5.74, 6) is 0.379. The van der Waals surface area contributed by atoms with Crippen molar-refractivity contribution in [2.75, 3.05) is 12.4 Å². The third-order valence-corrected chi connectivity index (χ3v) is 4.17. The van der Waals surface area contributed by atoms with Gasteiger partial charge in [0, 0.05) is 18.2 Å². The number of para-hydroxylation sites is 1. The first-order valence-electron chi connectivity index (χ1n) is 7.07. The summed E-state index contributed by atoms with van der Waals surface area (Å²) >= 11 is 1.41. The first-order chi connectivity index (χ1) is 10.7. The zero-order chi connectivity index (χ0) is 15.5. The minimum Gasteiger partial charge on any atom is -0.466 e. The molecular formula is C15H16N4O2S. The molecule has 1 aromatic carbocycles. The number of nitrogens with zero attached hydrogens (tertiary/aromatic N) is 4. The Kier molecular flexibility index (Phi) is 4.24. The van der Waals surface area contributed by atoms with Crippen molar-refractivity contribution >= 4 is 39.8 Å². The van der Waals surface area contributed by atoms with Gasteiger partial charge in [0.1, 0.15) is 5.52 Å². The van der Waals surface area contributed by atoms with Crippen molar-refractivity contribution in [2.24, 2.45) is 7.05 Å². The third-order valence-electron chi connectivity index (χ3n) is 3.33. The summed E-state index contributed by atoms with van der Waals surface area (Å²) in [6.45, 7) is 2.20. The van der Waals surface area contributed by atoms with Crippen LogP contribution in [0.1, 0.15) is 13.3 Å². The van der Waals surface area contributed by atoms with Crippen LogP contribution in [0.2, 0.25) is 0 Å². The van der Waals surface area contributed by atoms with E-state index in [2.05, 4.69) is 15.2 Å². The molecule has 0 fully saturated rings. The quantitative estimate of drug-likeness (QED) is 0.532. The second-order valence-electron chi connectivity index (χ2n) is 4.75. The van der Waals surface area contributed by atoms with Crippen LogP contribution < -0.4 is 0 Å². The van der Waals surface area contributed by atoms with E-state index >= 15 is 0 Å². The largest absolute Gasteiger partial charge is 0.466 e. The van der Waals surface area contributed by atoms with Crippen LogP contribution in [-0.4, -0.2) is 38.1 Å². The summed E-state index contributed by atoms with van der Waals surface area (Å²) < 4.78 is 6.90. The normalized spacial score (nSPS) is 11.2. The molecule has 0 aliphatic carbocycles. The van der Waals surface area contributed by atoms with E-state index in [9.17, 15) is 4.79 Å². The molecule has 2 aromatic heterocycles. The Morgan fingerprint density at radius 1 is 1.32 bits per heavy atom. The maximum Gasteiger partial charge on any atom is 0.306 e. The van der Waals surface area contributed by atoms with Gasteiger partial charge < -0.3 is 9.30 Å². The van der Waals surface area contributed by atoms with Crippen LogP contribution in [0.5, 0.6) is 0 Å². The Labute approximate surface area is 131 Å². The van der Waals surface area contributed by atoms with Gasteiger partial charge in [-0.3, -0.25) is 4.79 Å². The fourth-order valence-corrected chi connectivity index (χ4v) is 3.01. The van der Waals surface area contributed by atoms with Crippen molar-refractivity contribution in [3.8, 4) is 0 Å². The van der Waals surface area contributed by atoms with Gasteiger partial charge in [0.15, 0.2) is 5.65 Å². The number of thioether (sulfide) groups is 1. The molecule has 6 nitrogen and oxygen atoms in total. The number of benzene rings is 1. The summed E-state index contributed by atoms with van der Waals surface area (Å²) in [5.41, 5.74) is 2.68. The topological polar surface area (TPSA) is 69.9 Å². The van der Waals surface area contributed by atoms with Crippen LogP contribution in [-0.2, 0) is 16.6 Å². The van der Waals surface area contributed by atoms with E-state index in [0.29, 0.717) is 23.9 Å². The molecule has 0 saturated carbocycles. The summed E-state index contributed by atoms with van der Waals surface area (Å²) in [5, 5.41) is 10.1. The molecule has 0 N–H and O–H groups in total. The Bertz CT molecular complexity index is 831. The molecule has 3 aromatic rings. The van der Waals surface area contributed by atoms with Gasteiger partial charge in [-0.05, 0) is 13.0 Å². The first kappa shape index (κ1) is 14.8. The number of hydrogen-bond acceptors (Lipinski definition) is 6. The minimum absolute atomic E-state index is 0.200. The Balaban J connectivity index is 1.83. The van der Waals surface area contributed by atoms with Crippen molar-refractivity contribution in [2.45, 2.75) is 18.5 Å². The highest BCUT2D eigenvalue weighted by atomic mass is 32.2. The fraction of sp³-hybridized carbons (Fsp3) is 0.333. The molecule has 0 radical (unpaired) electrons. The molecule has 0 amide bonds. The van der Waals surface area contributed by atoms with Gasteiger partial charge in [0.05, 0.1) is 18.5 Å². The lowest BCUT2D eigenvalue weighted by Gasteiger charge is -2.01. The molecule has 0 saturated heterocycles. The van der Waals surface area contributed by atoms with E-state index in [1.807, 2.05) is 35.9 Å². The molecule has 7 heteroatoms. The number of aromatic nitrogens is 4. The number of carbonyl (C=O) groups is 1. The molecule has 0 unspecified atom stereocenters. The maximum absolute atomic E-state index is 11.3. The van der Waals surface area contributed by atoms with Crippen LogP contribution in [0.3, 0.4) is 0 Å². The first-order valence-corrected chi connectivity index (χ1v) is 8.05. The van der Waals surface area contributed by atoms with Crippen LogP contribution >= 0.6 is 11.8 Å². The number of fused-ring (bicyclic) bond motifs is 3. The van der Waals surface area contributed by atoms with Gasteiger partial charge in [-0.1, -0.05) is 30.0 Å². The molecule has 0 atom stereocenters. The van der Waals surface area contributed by atoms with E-state index in [4.69, 9.17) is 4.74 Å². The van der Waals surface area contributed by atoms with Crippen molar-refractivity contribution < 1.29 is 9.53 Å². The van der Waals surface area contributed by atoms with E-state index in [1.54, 1.807) is 6.92 Å². The molecule has 0 bridgehead atoms. The zero-order valence-electron chi connectivity index (χ0n) is 12.4. The molecule has 114 valence electrons. The maximum atomic E-state index is 11.3. The highest BCUT2D eigenvalue weighted by Crippen LogP contribution is 2.25. The number of esters is 1. The van der Waals surface area contributed by atoms with Crippen molar-refractivity contribution in [1.29, 1.82) is 0 Å². The van der Waals surface area contributed by atoms with E-state index in [-0.39, 0.29) is 5.97 Å². The predicted molar refractivity (Wildman–Crippen MR) is 85.8 cm³/mol. The minimum atomic E-state index is -0.200. The van der Waals surface area contributed by atoms with Gasteiger partial charge in [0.2, 0.25) is 5.16 Å². The molecular weight excluding hydrogens is 300 g/mol. The average Bonchev–Trinajstić information content (AvgIpc) is 2.81. The Hall–Kier alpha value is -2.15. The lowest BCUT2D eigenvalue weighted by atomic mass is 10.2. The molecule has 0 aliphatic heterocycles. The van der Waals surface area contributed by atoms with Gasteiger partial charge in [0.25, 0.3) is 0 Å². The van der Waals surface area contributed by atoms with E-state index < -0.39 is 0 Å². The van der Waals surface area contributed by atoms with Gasteiger partial charge >= 0.3 is 5.97 Å². The summed E-state index contributed by atoms with van der Waals surface area (Å²) in [6.07, 6.45) is 0.342. The van der Waals surface area contributed by atoms with E-state index in [0.717, 1.165) is 22.1 Å². The van der Waals surface area contributed by atoms with Gasteiger partial charge in [-0.15, -0.1) is 10.2 Å². The van der Waals surface area contributed by atoms with E-state index in [1.165, 1.54) is 11.8 Å². The lowest BCUT2D eigenvalue weighted by molar-refractivity contribution is -0.142. The monoisotopic (exact) mass is 316 g/mol. The van der Waals surface area contributed by atoms with Crippen LogP contribution in [0.15, 0.2) is 29.4 Å². The zero-order valence-corrected chi connectivity index (χ0v) is 13.3. The number of hydrogen-bond donors (Lipinski definition) is 0. The number of carbonyl (C=O) groups excluding carboxylic acids is 1. The average molecular weight is 316 g/mol. The van der Waals surface area contributed by atoms with Crippen molar-refractivity contribution in [3.63, 3.8) is 0 Å². The Morgan fingerprint density at radius 2 is 2.14 bits per heavy atom. The van der Waals surface area contributed by atoms with Crippen LogP contribution in [0.4, 0.5) is 0 Å². The summed E-state index contributed by atoms with van der Waals surface area (Å²) in [4.78, 5) is 15.9. The molecule has 22 heavy (non-hydrogen) atoms. The van der Waals surface area contributed by atoms with Crippen LogP contribution in [0, 0.1) is 0 Å². The fourth-order valence-electron chi connectivity index (χ4n) is 2.31. The second kappa shape index (κ2) is 6.31. The third kappa shape index (κ3) is 2.76. The molecule has 2 heterocycles. The highest BCUT2D eigenvalue weighted by Gasteiger charge is 2.12. The van der Waals surface area contributed by atoms with Crippen molar-refractivity contribution in [3.05, 3.63) is 24.3 Å². The SMILES string of the molecule is CCOC(=O)CCSc1nnc2c3ccccc3n(C)c2n1. The summed E-state index contributed by atoms with van der Waals surface area (Å²) in [6, 6.07) is 8.02. The van der Waals surface area contributed by atoms with Crippen LogP contribution in [0.25, 0.3) is 22.1 Å². The van der Waals surface area contributed by atoms with Crippen molar-refractivity contribution in [1.82, 2.24) is 19.7 Å². The molecule has 0 aliphatic rings. The lowest BCUT2D eigenvalue weighted by Crippen LogP contribution is -2.05. The molecule has 3 rings (SSSR count). The number of rotatable bonds is 5. The van der Waals surface area contributed by atoms with Gasteiger partial charge in [-0.2, -0.15) is 0 Å². The second-order valence-corrected chi connectivity index (χ2v) is 5.81. The molecule has 0 spiro atoms. The highest BCUT2D eigenvalue weighted by molar-refractivity contribution is 7.99. The number of ether oxygens (including phenoxy) is 1. The Morgan fingerprint density at radius 3 is 2.95 bits per heavy atom. The predicted octanol–water partition coefficient (Wildman–Crippen LogP) is 2.56.